The fourth-order valence-corrected chi connectivity index (χ4v) is 2.42. The third-order valence-electron chi connectivity index (χ3n) is 3.45. The van der Waals surface area contributed by atoms with Crippen LogP contribution in [0.5, 0.6) is 0 Å². The maximum absolute atomic E-state index is 12.5. The largest absolute Gasteiger partial charge is 0.478 e. The van der Waals surface area contributed by atoms with Crippen LogP contribution in [-0.4, -0.2) is 20.5 Å². The topological polar surface area (TPSA) is 71.7 Å². The average molecular weight is 282 g/mol. The number of carboxylic acid groups (broad SMARTS) is 1. The molecule has 1 N–H and O–H groups in total. The molecule has 0 saturated carbocycles. The summed E-state index contributed by atoms with van der Waals surface area (Å²) in [5.41, 5.74) is 1.98. The molecule has 0 atom stereocenters. The molecular formula is C16H14N2O3. The Morgan fingerprint density at radius 1 is 1.29 bits per heavy atom. The van der Waals surface area contributed by atoms with Crippen molar-refractivity contribution in [3.05, 3.63) is 58.0 Å². The smallest absolute Gasteiger partial charge is 0.335 e. The summed E-state index contributed by atoms with van der Waals surface area (Å²) < 4.78 is 1.49. The van der Waals surface area contributed by atoms with Crippen molar-refractivity contribution in [2.75, 3.05) is 0 Å². The van der Waals surface area contributed by atoms with E-state index in [0.29, 0.717) is 16.6 Å². The van der Waals surface area contributed by atoms with Crippen LogP contribution in [0.1, 0.15) is 29.3 Å². The van der Waals surface area contributed by atoms with Crippen LogP contribution >= 0.6 is 0 Å². The van der Waals surface area contributed by atoms with E-state index in [4.69, 9.17) is 5.11 Å². The Labute approximate surface area is 120 Å². The molecule has 0 saturated heterocycles. The predicted octanol–water partition coefficient (Wildman–Crippen LogP) is 2.50. The summed E-state index contributed by atoms with van der Waals surface area (Å²) in [6.45, 7) is 2.07. The second-order valence-electron chi connectivity index (χ2n) is 4.97. The number of aromatic nitrogens is 2. The van der Waals surface area contributed by atoms with Gasteiger partial charge in [-0.2, -0.15) is 0 Å². The van der Waals surface area contributed by atoms with Gasteiger partial charge in [-0.15, -0.1) is 0 Å². The second-order valence-corrected chi connectivity index (χ2v) is 4.97. The van der Waals surface area contributed by atoms with E-state index < -0.39 is 5.97 Å². The fourth-order valence-electron chi connectivity index (χ4n) is 2.42. The number of carbonyl (C=O) groups is 1. The highest BCUT2D eigenvalue weighted by atomic mass is 16.4. The molecule has 0 aliphatic rings. The normalized spacial score (nSPS) is 11.1. The highest BCUT2D eigenvalue weighted by Gasteiger charge is 2.09. The molecule has 2 heterocycles. The zero-order chi connectivity index (χ0) is 15.0. The molecule has 3 aromatic rings. The number of rotatable bonds is 3. The molecule has 0 fully saturated rings. The van der Waals surface area contributed by atoms with Crippen molar-refractivity contribution in [1.29, 1.82) is 0 Å². The molecule has 5 heteroatoms. The van der Waals surface area contributed by atoms with Gasteiger partial charge in [0.2, 0.25) is 0 Å². The van der Waals surface area contributed by atoms with Crippen LogP contribution in [0.4, 0.5) is 0 Å². The van der Waals surface area contributed by atoms with Gasteiger partial charge in [0.15, 0.2) is 0 Å². The SMILES string of the molecule is CCCc1ccc2nc3ccc(C(=O)O)cc3c(=O)n2c1. The molecule has 2 aromatic heterocycles. The van der Waals surface area contributed by atoms with Gasteiger partial charge in [0.1, 0.15) is 5.65 Å². The molecule has 106 valence electrons. The van der Waals surface area contributed by atoms with Gasteiger partial charge in [0.25, 0.3) is 5.56 Å². The number of hydrogen-bond donors (Lipinski definition) is 1. The minimum Gasteiger partial charge on any atom is -0.478 e. The lowest BCUT2D eigenvalue weighted by Gasteiger charge is -2.06. The maximum Gasteiger partial charge on any atom is 0.335 e. The molecule has 0 bridgehead atoms. The minimum absolute atomic E-state index is 0.0889. The summed E-state index contributed by atoms with van der Waals surface area (Å²) in [7, 11) is 0. The predicted molar refractivity (Wildman–Crippen MR) is 79.9 cm³/mol. The van der Waals surface area contributed by atoms with E-state index in [1.165, 1.54) is 16.5 Å². The number of hydrogen-bond acceptors (Lipinski definition) is 3. The lowest BCUT2D eigenvalue weighted by Crippen LogP contribution is -2.16. The summed E-state index contributed by atoms with van der Waals surface area (Å²) in [6.07, 6.45) is 3.65. The molecule has 3 rings (SSSR count). The molecule has 21 heavy (non-hydrogen) atoms. The summed E-state index contributed by atoms with van der Waals surface area (Å²) in [5, 5.41) is 9.35. The van der Waals surface area contributed by atoms with Gasteiger partial charge in [-0.3, -0.25) is 9.20 Å². The number of pyridine rings is 1. The van der Waals surface area contributed by atoms with Crippen LogP contribution in [0.15, 0.2) is 41.3 Å². The zero-order valence-corrected chi connectivity index (χ0v) is 11.5. The Bertz CT molecular complexity index is 912. The van der Waals surface area contributed by atoms with Crippen LogP contribution in [0, 0.1) is 0 Å². The molecule has 0 radical (unpaired) electrons. The van der Waals surface area contributed by atoms with Gasteiger partial charge in [0, 0.05) is 6.20 Å². The number of aromatic carboxylic acids is 1. The number of benzene rings is 1. The van der Waals surface area contributed by atoms with Gasteiger partial charge in [0.05, 0.1) is 16.5 Å². The van der Waals surface area contributed by atoms with Crippen molar-refractivity contribution in [2.45, 2.75) is 19.8 Å². The van der Waals surface area contributed by atoms with Gasteiger partial charge >= 0.3 is 5.97 Å². The van der Waals surface area contributed by atoms with Gasteiger partial charge in [-0.25, -0.2) is 9.78 Å². The molecule has 1 aromatic carbocycles. The first-order valence-electron chi connectivity index (χ1n) is 6.78. The van der Waals surface area contributed by atoms with Crippen molar-refractivity contribution in [1.82, 2.24) is 9.38 Å². The standard InChI is InChI=1S/C16H14N2O3/c1-2-3-10-4-7-14-17-13-6-5-11(16(20)21)8-12(13)15(19)18(14)9-10/h4-9H,2-3H2,1H3,(H,20,21). The lowest BCUT2D eigenvalue weighted by atomic mass is 10.1. The lowest BCUT2D eigenvalue weighted by molar-refractivity contribution is 0.0697. The van der Waals surface area contributed by atoms with Crippen LogP contribution in [0.25, 0.3) is 16.6 Å². The number of carboxylic acids is 1. The summed E-state index contributed by atoms with van der Waals surface area (Å²) in [5.74, 6) is -1.05. The summed E-state index contributed by atoms with van der Waals surface area (Å²) >= 11 is 0. The fraction of sp³-hybridized carbons (Fsp3) is 0.188. The average Bonchev–Trinajstić information content (AvgIpc) is 2.48. The number of aryl methyl sites for hydroxylation is 1. The molecule has 0 aliphatic carbocycles. The Morgan fingerprint density at radius 3 is 2.81 bits per heavy atom. The van der Waals surface area contributed by atoms with Crippen LogP contribution in [0.3, 0.4) is 0 Å². The first-order chi connectivity index (χ1) is 10.1. The Kier molecular flexibility index (Phi) is 3.17. The van der Waals surface area contributed by atoms with Gasteiger partial charge in [-0.05, 0) is 36.2 Å². The Balaban J connectivity index is 2.34. The molecule has 0 spiro atoms. The Morgan fingerprint density at radius 2 is 2.10 bits per heavy atom. The third-order valence-corrected chi connectivity index (χ3v) is 3.45. The molecule has 0 amide bonds. The highest BCUT2D eigenvalue weighted by molar-refractivity contribution is 5.93. The Hall–Kier alpha value is -2.69. The number of nitrogens with zero attached hydrogens (tertiary/aromatic N) is 2. The first kappa shape index (κ1) is 13.3. The molecule has 0 aliphatic heterocycles. The minimum atomic E-state index is -1.05. The third kappa shape index (κ3) is 2.27. The van der Waals surface area contributed by atoms with E-state index in [2.05, 4.69) is 11.9 Å². The van der Waals surface area contributed by atoms with E-state index in [0.717, 1.165) is 18.4 Å². The summed E-state index contributed by atoms with van der Waals surface area (Å²) in [4.78, 5) is 28.0. The van der Waals surface area contributed by atoms with E-state index in [9.17, 15) is 9.59 Å². The first-order valence-corrected chi connectivity index (χ1v) is 6.78. The van der Waals surface area contributed by atoms with E-state index in [-0.39, 0.29) is 11.1 Å². The van der Waals surface area contributed by atoms with Crippen molar-refractivity contribution in [2.24, 2.45) is 0 Å². The van der Waals surface area contributed by atoms with Crippen LogP contribution in [0.2, 0.25) is 0 Å². The van der Waals surface area contributed by atoms with Gasteiger partial charge in [-0.1, -0.05) is 19.4 Å². The van der Waals surface area contributed by atoms with Crippen LogP contribution in [-0.2, 0) is 6.42 Å². The van der Waals surface area contributed by atoms with Crippen molar-refractivity contribution >= 4 is 22.5 Å². The van der Waals surface area contributed by atoms with Crippen molar-refractivity contribution < 1.29 is 9.90 Å². The van der Waals surface area contributed by atoms with Crippen LogP contribution < -0.4 is 5.56 Å². The van der Waals surface area contributed by atoms with E-state index >= 15 is 0 Å². The van der Waals surface area contributed by atoms with E-state index in [1.807, 2.05) is 12.1 Å². The number of fused-ring (bicyclic) bond motifs is 2. The van der Waals surface area contributed by atoms with E-state index in [1.54, 1.807) is 12.3 Å². The quantitative estimate of drug-likeness (QED) is 0.749. The highest BCUT2D eigenvalue weighted by Crippen LogP contribution is 2.13. The monoisotopic (exact) mass is 282 g/mol. The molecule has 5 nitrogen and oxygen atoms in total. The molecular weight excluding hydrogens is 268 g/mol. The van der Waals surface area contributed by atoms with Gasteiger partial charge < -0.3 is 5.11 Å². The van der Waals surface area contributed by atoms with Crippen molar-refractivity contribution in [3.8, 4) is 0 Å². The van der Waals surface area contributed by atoms with Crippen molar-refractivity contribution in [3.63, 3.8) is 0 Å². The molecule has 0 unspecified atom stereocenters. The summed E-state index contributed by atoms with van der Waals surface area (Å²) in [6, 6.07) is 8.19. The zero-order valence-electron chi connectivity index (χ0n) is 11.5. The second kappa shape index (κ2) is 5.01. The maximum atomic E-state index is 12.5.